The molecule has 0 aromatic heterocycles. The van der Waals surface area contributed by atoms with E-state index in [1.165, 1.54) is 12.8 Å². The molecule has 1 aliphatic rings. The van der Waals surface area contributed by atoms with Gasteiger partial charge in [0.2, 0.25) is 0 Å². The normalized spacial score (nSPS) is 14.1. The Kier molecular flexibility index (Phi) is 3.77. The van der Waals surface area contributed by atoms with E-state index < -0.39 is 0 Å². The lowest BCUT2D eigenvalue weighted by Gasteiger charge is -2.01. The van der Waals surface area contributed by atoms with Crippen molar-refractivity contribution >= 4 is 18.1 Å². The molecule has 14 heavy (non-hydrogen) atoms. The maximum Gasteiger partial charge on any atom is 0.290 e. The first kappa shape index (κ1) is 10.9. The van der Waals surface area contributed by atoms with Gasteiger partial charge in [-0.2, -0.15) is 0 Å². The molecule has 2 N–H and O–H groups in total. The van der Waals surface area contributed by atoms with Gasteiger partial charge in [0, 0.05) is 5.02 Å². The molecule has 4 heteroatoms. The largest absolute Gasteiger partial charge is 0.508 e. The number of hydrogen-bond donors (Lipinski definition) is 2. The van der Waals surface area contributed by atoms with Gasteiger partial charge in [0.1, 0.15) is 5.75 Å². The van der Waals surface area contributed by atoms with E-state index in [0.29, 0.717) is 16.7 Å². The van der Waals surface area contributed by atoms with E-state index in [-0.39, 0.29) is 6.47 Å². The molecule has 0 bridgehead atoms. The highest BCUT2D eigenvalue weighted by molar-refractivity contribution is 6.30. The van der Waals surface area contributed by atoms with Crippen molar-refractivity contribution in [1.82, 2.24) is 0 Å². The zero-order valence-corrected chi connectivity index (χ0v) is 8.24. The van der Waals surface area contributed by atoms with Gasteiger partial charge in [0.25, 0.3) is 6.47 Å². The molecular weight excluding hydrogens is 204 g/mol. The van der Waals surface area contributed by atoms with Crippen molar-refractivity contribution in [2.75, 3.05) is 0 Å². The van der Waals surface area contributed by atoms with Crippen LogP contribution in [0.4, 0.5) is 0 Å². The molecule has 0 heterocycles. The number of halogens is 1. The minimum atomic E-state index is -0.250. The highest BCUT2D eigenvalue weighted by Crippen LogP contribution is 2.44. The Labute approximate surface area is 86.9 Å². The third kappa shape index (κ3) is 2.92. The first-order valence-electron chi connectivity index (χ1n) is 4.25. The number of aromatic hydroxyl groups is 1. The Morgan fingerprint density at radius 1 is 1.43 bits per heavy atom. The molecule has 1 aromatic carbocycles. The second-order valence-corrected chi connectivity index (χ2v) is 3.52. The van der Waals surface area contributed by atoms with Crippen LogP contribution in [0.5, 0.6) is 5.75 Å². The topological polar surface area (TPSA) is 57.5 Å². The van der Waals surface area contributed by atoms with E-state index in [2.05, 4.69) is 0 Å². The van der Waals surface area contributed by atoms with Crippen LogP contribution in [0.25, 0.3) is 0 Å². The summed E-state index contributed by atoms with van der Waals surface area (Å²) in [5.74, 6) is 0.950. The molecule has 1 aromatic rings. The summed E-state index contributed by atoms with van der Waals surface area (Å²) in [4.78, 5) is 8.36. The van der Waals surface area contributed by atoms with Gasteiger partial charge < -0.3 is 10.2 Å². The van der Waals surface area contributed by atoms with Gasteiger partial charge >= 0.3 is 0 Å². The number of phenols is 1. The van der Waals surface area contributed by atoms with Crippen LogP contribution in [0.15, 0.2) is 18.2 Å². The highest BCUT2D eigenvalue weighted by atomic mass is 35.5. The van der Waals surface area contributed by atoms with Crippen LogP contribution in [0.2, 0.25) is 5.02 Å². The lowest BCUT2D eigenvalue weighted by Crippen LogP contribution is -1.79. The first-order valence-corrected chi connectivity index (χ1v) is 4.63. The molecule has 0 saturated heterocycles. The summed E-state index contributed by atoms with van der Waals surface area (Å²) in [6.45, 7) is -0.250. The van der Waals surface area contributed by atoms with Gasteiger partial charge in [0.15, 0.2) is 0 Å². The maximum atomic E-state index is 9.39. The molecule has 0 unspecified atom stereocenters. The van der Waals surface area contributed by atoms with Crippen LogP contribution in [-0.4, -0.2) is 16.7 Å². The van der Waals surface area contributed by atoms with Crippen molar-refractivity contribution in [2.45, 2.75) is 18.8 Å². The summed E-state index contributed by atoms with van der Waals surface area (Å²) in [6, 6.07) is 5.23. The Morgan fingerprint density at radius 2 is 2.00 bits per heavy atom. The number of carboxylic acid groups (broad SMARTS) is 1. The predicted octanol–water partition coefficient (Wildman–Crippen LogP) is 2.62. The van der Waals surface area contributed by atoms with Crippen molar-refractivity contribution in [2.24, 2.45) is 0 Å². The summed E-state index contributed by atoms with van der Waals surface area (Å²) in [7, 11) is 0. The average Bonchev–Trinajstić information content (AvgIpc) is 2.94. The van der Waals surface area contributed by atoms with Gasteiger partial charge in [-0.15, -0.1) is 0 Å². The molecule has 2 rings (SSSR count). The van der Waals surface area contributed by atoms with Crippen LogP contribution in [0.1, 0.15) is 24.3 Å². The zero-order valence-electron chi connectivity index (χ0n) is 7.48. The van der Waals surface area contributed by atoms with Gasteiger partial charge in [-0.25, -0.2) is 0 Å². The Hall–Kier alpha value is -1.22. The Balaban J connectivity index is 0.000000293. The third-order valence-corrected chi connectivity index (χ3v) is 2.24. The number of hydrogen-bond acceptors (Lipinski definition) is 2. The van der Waals surface area contributed by atoms with Crippen molar-refractivity contribution in [3.05, 3.63) is 28.8 Å². The predicted molar refractivity (Wildman–Crippen MR) is 53.8 cm³/mol. The van der Waals surface area contributed by atoms with Crippen LogP contribution < -0.4 is 0 Å². The summed E-state index contributed by atoms with van der Waals surface area (Å²) in [6.07, 6.45) is 2.38. The summed E-state index contributed by atoms with van der Waals surface area (Å²) in [5.41, 5.74) is 1.01. The van der Waals surface area contributed by atoms with Crippen molar-refractivity contribution < 1.29 is 15.0 Å². The number of phenolic OH excluding ortho intramolecular Hbond substituents is 1. The minimum absolute atomic E-state index is 0.250. The molecule has 1 fully saturated rings. The van der Waals surface area contributed by atoms with Crippen LogP contribution in [0.3, 0.4) is 0 Å². The van der Waals surface area contributed by atoms with Gasteiger partial charge in [-0.05, 0) is 42.5 Å². The van der Waals surface area contributed by atoms with Crippen LogP contribution in [-0.2, 0) is 4.79 Å². The second kappa shape index (κ2) is 4.86. The van der Waals surface area contributed by atoms with Crippen LogP contribution in [0, 0.1) is 0 Å². The lowest BCUT2D eigenvalue weighted by atomic mass is 10.1. The number of rotatable bonds is 1. The fraction of sp³-hybridized carbons (Fsp3) is 0.300. The fourth-order valence-corrected chi connectivity index (χ4v) is 1.43. The third-order valence-electron chi connectivity index (χ3n) is 2.01. The fourth-order valence-electron chi connectivity index (χ4n) is 1.25. The Morgan fingerprint density at radius 3 is 2.50 bits per heavy atom. The second-order valence-electron chi connectivity index (χ2n) is 3.08. The molecule has 0 aliphatic heterocycles. The molecule has 1 saturated carbocycles. The monoisotopic (exact) mass is 214 g/mol. The van der Waals surface area contributed by atoms with E-state index in [1.807, 2.05) is 6.07 Å². The van der Waals surface area contributed by atoms with E-state index in [1.54, 1.807) is 12.1 Å². The molecule has 0 amide bonds. The first-order chi connectivity index (χ1) is 6.69. The summed E-state index contributed by atoms with van der Waals surface area (Å²) in [5, 5.41) is 17.0. The maximum absolute atomic E-state index is 9.39. The summed E-state index contributed by atoms with van der Waals surface area (Å²) >= 11 is 5.78. The molecule has 0 spiro atoms. The van der Waals surface area contributed by atoms with E-state index >= 15 is 0 Å². The molecule has 3 nitrogen and oxygen atoms in total. The van der Waals surface area contributed by atoms with Crippen molar-refractivity contribution in [1.29, 1.82) is 0 Å². The highest BCUT2D eigenvalue weighted by Gasteiger charge is 2.26. The zero-order chi connectivity index (χ0) is 10.6. The molecular formula is C10H11ClO3. The molecule has 76 valence electrons. The minimum Gasteiger partial charge on any atom is -0.508 e. The Bertz CT molecular complexity index is 321. The number of carbonyl (C=O) groups is 1. The molecule has 1 aliphatic carbocycles. The average molecular weight is 215 g/mol. The van der Waals surface area contributed by atoms with Crippen LogP contribution >= 0.6 is 11.6 Å². The smallest absolute Gasteiger partial charge is 0.290 e. The van der Waals surface area contributed by atoms with Gasteiger partial charge in [-0.3, -0.25) is 4.79 Å². The lowest BCUT2D eigenvalue weighted by molar-refractivity contribution is -0.122. The summed E-state index contributed by atoms with van der Waals surface area (Å²) < 4.78 is 0. The van der Waals surface area contributed by atoms with Gasteiger partial charge in [-0.1, -0.05) is 11.6 Å². The SMILES string of the molecule is O=CO.Oc1ccc(Cl)cc1C1CC1. The molecule has 0 atom stereocenters. The van der Waals surface area contributed by atoms with E-state index in [4.69, 9.17) is 21.5 Å². The van der Waals surface area contributed by atoms with E-state index in [9.17, 15) is 5.11 Å². The van der Waals surface area contributed by atoms with E-state index in [0.717, 1.165) is 5.56 Å². The molecule has 0 radical (unpaired) electrons. The quantitative estimate of drug-likeness (QED) is 0.707. The van der Waals surface area contributed by atoms with Gasteiger partial charge in [0.05, 0.1) is 0 Å². The number of benzene rings is 1. The van der Waals surface area contributed by atoms with Crippen molar-refractivity contribution in [3.8, 4) is 5.75 Å². The standard InChI is InChI=1S/C9H9ClO.CH2O2/c10-7-3-4-9(11)8(5-7)6-1-2-6;2-1-3/h3-6,11H,1-2H2;1H,(H,2,3). The van der Waals surface area contributed by atoms with Crippen molar-refractivity contribution in [3.63, 3.8) is 0 Å².